The lowest BCUT2D eigenvalue weighted by Crippen LogP contribution is -2.36. The van der Waals surface area contributed by atoms with Gasteiger partial charge in [0.15, 0.2) is 0 Å². The van der Waals surface area contributed by atoms with Crippen LogP contribution in [0.15, 0.2) is 42.6 Å². The molecule has 2 N–H and O–H groups in total. The van der Waals surface area contributed by atoms with Gasteiger partial charge in [-0.25, -0.2) is 0 Å². The third kappa shape index (κ3) is 2.83. The third-order valence-electron chi connectivity index (χ3n) is 3.86. The molecule has 0 unspecified atom stereocenters. The van der Waals surface area contributed by atoms with Crippen molar-refractivity contribution in [2.75, 3.05) is 18.1 Å². The minimum absolute atomic E-state index is 0.0554. The highest BCUT2D eigenvalue weighted by Crippen LogP contribution is 2.36. The maximum atomic E-state index is 12.8. The number of nitrogens with one attached hydrogen (secondary N) is 2. The Morgan fingerprint density at radius 3 is 2.86 bits per heavy atom. The predicted octanol–water partition coefficient (Wildman–Crippen LogP) is 3.25. The van der Waals surface area contributed by atoms with Gasteiger partial charge in [-0.2, -0.15) is 0 Å². The SMILES string of the molecule is CCCCNCN1C(=O)/C(=C/c2ccc[nH]2)c2ccccc21. The minimum atomic E-state index is 0.0554. The molecule has 22 heavy (non-hydrogen) atoms. The molecular weight excluding hydrogens is 274 g/mol. The number of carbonyl (C=O) groups is 1. The number of carbonyl (C=O) groups excluding carboxylic acids is 1. The van der Waals surface area contributed by atoms with Crippen LogP contribution in [-0.2, 0) is 4.79 Å². The molecule has 4 heteroatoms. The molecule has 0 fully saturated rings. The number of para-hydroxylation sites is 1. The molecule has 0 radical (unpaired) electrons. The van der Waals surface area contributed by atoms with E-state index >= 15 is 0 Å². The first-order chi connectivity index (χ1) is 10.8. The number of hydrogen-bond acceptors (Lipinski definition) is 2. The van der Waals surface area contributed by atoms with E-state index in [1.807, 2.05) is 53.6 Å². The number of H-pyrrole nitrogens is 1. The van der Waals surface area contributed by atoms with E-state index in [0.717, 1.165) is 41.9 Å². The fraction of sp³-hybridized carbons (Fsp3) is 0.278. The van der Waals surface area contributed by atoms with Gasteiger partial charge in [0, 0.05) is 17.5 Å². The third-order valence-corrected chi connectivity index (χ3v) is 3.86. The summed E-state index contributed by atoms with van der Waals surface area (Å²) in [6.07, 6.45) is 6.05. The lowest BCUT2D eigenvalue weighted by atomic mass is 10.1. The van der Waals surface area contributed by atoms with Crippen LogP contribution in [0, 0.1) is 0 Å². The number of fused-ring (bicyclic) bond motifs is 1. The molecule has 1 aromatic carbocycles. The number of amides is 1. The highest BCUT2D eigenvalue weighted by atomic mass is 16.2. The second kappa shape index (κ2) is 6.62. The Morgan fingerprint density at radius 1 is 1.23 bits per heavy atom. The Kier molecular flexibility index (Phi) is 4.39. The summed E-state index contributed by atoms with van der Waals surface area (Å²) < 4.78 is 0. The average Bonchev–Trinajstić information content (AvgIpc) is 3.13. The van der Waals surface area contributed by atoms with Crippen LogP contribution in [0.25, 0.3) is 11.6 Å². The van der Waals surface area contributed by atoms with E-state index in [1.54, 1.807) is 0 Å². The Balaban J connectivity index is 1.86. The number of rotatable bonds is 6. The van der Waals surface area contributed by atoms with Crippen molar-refractivity contribution < 1.29 is 4.79 Å². The molecule has 1 aliphatic rings. The number of hydrogen-bond donors (Lipinski definition) is 2. The van der Waals surface area contributed by atoms with Crippen molar-refractivity contribution in [1.82, 2.24) is 10.3 Å². The fourth-order valence-electron chi connectivity index (χ4n) is 2.69. The molecule has 2 heterocycles. The van der Waals surface area contributed by atoms with E-state index in [4.69, 9.17) is 0 Å². The Hall–Kier alpha value is -2.33. The summed E-state index contributed by atoms with van der Waals surface area (Å²) in [5.74, 6) is 0.0554. The lowest BCUT2D eigenvalue weighted by Gasteiger charge is -2.17. The first-order valence-corrected chi connectivity index (χ1v) is 7.78. The van der Waals surface area contributed by atoms with Crippen LogP contribution in [0.2, 0.25) is 0 Å². The van der Waals surface area contributed by atoms with Gasteiger partial charge in [0.25, 0.3) is 5.91 Å². The summed E-state index contributed by atoms with van der Waals surface area (Å²) in [5.41, 5.74) is 3.67. The quantitative estimate of drug-likeness (QED) is 0.635. The van der Waals surface area contributed by atoms with E-state index in [2.05, 4.69) is 17.2 Å². The second-order valence-electron chi connectivity index (χ2n) is 5.45. The second-order valence-corrected chi connectivity index (χ2v) is 5.45. The van der Waals surface area contributed by atoms with Crippen molar-refractivity contribution in [3.8, 4) is 0 Å². The molecule has 0 aliphatic carbocycles. The predicted molar refractivity (Wildman–Crippen MR) is 90.4 cm³/mol. The Bertz CT molecular complexity index is 673. The standard InChI is InChI=1S/C18H21N3O/c1-2-3-10-19-13-21-17-9-5-4-8-15(17)16(18(21)22)12-14-7-6-11-20-14/h4-9,11-12,19-20H,2-3,10,13H2,1H3/b16-12+. The van der Waals surface area contributed by atoms with Crippen LogP contribution in [0.1, 0.15) is 31.0 Å². The van der Waals surface area contributed by atoms with Gasteiger partial charge in [0.1, 0.15) is 0 Å². The zero-order valence-corrected chi connectivity index (χ0v) is 12.8. The van der Waals surface area contributed by atoms with Gasteiger partial charge >= 0.3 is 0 Å². The number of unbranched alkanes of at least 4 members (excludes halogenated alkanes) is 1. The van der Waals surface area contributed by atoms with Gasteiger partial charge < -0.3 is 4.98 Å². The van der Waals surface area contributed by atoms with Crippen LogP contribution in [0.4, 0.5) is 5.69 Å². The molecule has 3 rings (SSSR count). The van der Waals surface area contributed by atoms with Crippen molar-refractivity contribution in [2.24, 2.45) is 0 Å². The average molecular weight is 295 g/mol. The summed E-state index contributed by atoms with van der Waals surface area (Å²) in [6.45, 7) is 3.64. The maximum absolute atomic E-state index is 12.8. The highest BCUT2D eigenvalue weighted by molar-refractivity contribution is 6.35. The van der Waals surface area contributed by atoms with Gasteiger partial charge in [-0.1, -0.05) is 31.5 Å². The fourth-order valence-corrected chi connectivity index (χ4v) is 2.69. The van der Waals surface area contributed by atoms with Gasteiger partial charge in [-0.15, -0.1) is 0 Å². The molecule has 0 atom stereocenters. The highest BCUT2D eigenvalue weighted by Gasteiger charge is 2.31. The molecular formula is C18H21N3O. The molecule has 0 spiro atoms. The zero-order chi connectivity index (χ0) is 15.4. The molecule has 0 bridgehead atoms. The molecule has 4 nitrogen and oxygen atoms in total. The van der Waals surface area contributed by atoms with Crippen molar-refractivity contribution >= 4 is 23.2 Å². The van der Waals surface area contributed by atoms with Crippen LogP contribution in [0.5, 0.6) is 0 Å². The summed E-state index contributed by atoms with van der Waals surface area (Å²) in [4.78, 5) is 17.7. The van der Waals surface area contributed by atoms with Crippen LogP contribution in [-0.4, -0.2) is 24.1 Å². The summed E-state index contributed by atoms with van der Waals surface area (Å²) >= 11 is 0. The van der Waals surface area contributed by atoms with Crippen molar-refractivity contribution in [1.29, 1.82) is 0 Å². The first kappa shape index (κ1) is 14.6. The number of benzene rings is 1. The van der Waals surface area contributed by atoms with E-state index in [0.29, 0.717) is 6.67 Å². The molecule has 2 aromatic rings. The smallest absolute Gasteiger partial charge is 0.260 e. The molecule has 114 valence electrons. The summed E-state index contributed by atoms with van der Waals surface area (Å²) in [7, 11) is 0. The maximum Gasteiger partial charge on any atom is 0.260 e. The molecule has 1 aromatic heterocycles. The van der Waals surface area contributed by atoms with E-state index < -0.39 is 0 Å². The van der Waals surface area contributed by atoms with E-state index in [9.17, 15) is 4.79 Å². The minimum Gasteiger partial charge on any atom is -0.362 e. The zero-order valence-electron chi connectivity index (χ0n) is 12.8. The normalized spacial score (nSPS) is 15.6. The topological polar surface area (TPSA) is 48.1 Å². The van der Waals surface area contributed by atoms with Crippen molar-refractivity contribution in [3.63, 3.8) is 0 Å². The van der Waals surface area contributed by atoms with E-state index in [1.165, 1.54) is 0 Å². The summed E-state index contributed by atoms with van der Waals surface area (Å²) in [5, 5.41) is 3.35. The number of anilines is 1. The molecule has 1 amide bonds. The van der Waals surface area contributed by atoms with Gasteiger partial charge in [0.05, 0.1) is 17.9 Å². The number of aromatic amines is 1. The van der Waals surface area contributed by atoms with Crippen molar-refractivity contribution in [3.05, 3.63) is 53.9 Å². The van der Waals surface area contributed by atoms with Crippen molar-refractivity contribution in [2.45, 2.75) is 19.8 Å². The number of aromatic nitrogens is 1. The Morgan fingerprint density at radius 2 is 2.09 bits per heavy atom. The van der Waals surface area contributed by atoms with Gasteiger partial charge in [-0.05, 0) is 37.2 Å². The van der Waals surface area contributed by atoms with Crippen LogP contribution in [0.3, 0.4) is 0 Å². The first-order valence-electron chi connectivity index (χ1n) is 7.78. The monoisotopic (exact) mass is 295 g/mol. The molecule has 1 aliphatic heterocycles. The van der Waals surface area contributed by atoms with Gasteiger partial charge in [0.2, 0.25) is 0 Å². The van der Waals surface area contributed by atoms with Crippen LogP contribution < -0.4 is 10.2 Å². The molecule has 0 saturated heterocycles. The molecule has 0 saturated carbocycles. The lowest BCUT2D eigenvalue weighted by molar-refractivity contribution is -0.113. The summed E-state index contributed by atoms with van der Waals surface area (Å²) in [6, 6.07) is 11.9. The Labute approximate surface area is 130 Å². The van der Waals surface area contributed by atoms with Gasteiger partial charge in [-0.3, -0.25) is 15.0 Å². The van der Waals surface area contributed by atoms with E-state index in [-0.39, 0.29) is 5.91 Å². The number of nitrogens with zero attached hydrogens (tertiary/aromatic N) is 1. The van der Waals surface area contributed by atoms with Crippen LogP contribution >= 0.6 is 0 Å². The largest absolute Gasteiger partial charge is 0.362 e.